The van der Waals surface area contributed by atoms with E-state index in [1.807, 2.05) is 10.9 Å². The summed E-state index contributed by atoms with van der Waals surface area (Å²) in [4.78, 5) is 18.3. The number of hydrogen-bond acceptors (Lipinski definition) is 5. The molecule has 1 saturated carbocycles. The monoisotopic (exact) mass is 345 g/mol. The highest BCUT2D eigenvalue weighted by Crippen LogP contribution is 2.32. The molecule has 0 atom stereocenters. The zero-order valence-corrected chi connectivity index (χ0v) is 14.5. The number of amides is 1. The zero-order valence-electron chi connectivity index (χ0n) is 13.7. The molecule has 0 unspecified atom stereocenters. The van der Waals surface area contributed by atoms with Crippen LogP contribution in [0.25, 0.3) is 0 Å². The average molecular weight is 345 g/mol. The van der Waals surface area contributed by atoms with Gasteiger partial charge in [0.2, 0.25) is 0 Å². The summed E-state index contributed by atoms with van der Waals surface area (Å²) in [6, 6.07) is 2.16. The minimum absolute atomic E-state index is 0.106. The summed E-state index contributed by atoms with van der Waals surface area (Å²) in [7, 11) is 0. The van der Waals surface area contributed by atoms with Gasteiger partial charge in [-0.3, -0.25) is 14.8 Å². The number of nitrogens with zero attached hydrogens (tertiary/aromatic N) is 3. The molecule has 1 saturated heterocycles. The molecule has 7 heteroatoms. The highest BCUT2D eigenvalue weighted by atomic mass is 32.1. The van der Waals surface area contributed by atoms with E-state index < -0.39 is 0 Å². The molecule has 2 N–H and O–H groups in total. The number of thiazole rings is 1. The fraction of sp³-hybridized carbons (Fsp3) is 0.588. The fourth-order valence-corrected chi connectivity index (χ4v) is 4.71. The molecule has 2 aromatic heterocycles. The molecular formula is C17H23N5OS. The van der Waals surface area contributed by atoms with Crippen LogP contribution < -0.4 is 10.6 Å². The van der Waals surface area contributed by atoms with E-state index in [2.05, 4.69) is 20.7 Å². The van der Waals surface area contributed by atoms with Crippen molar-refractivity contribution in [2.45, 2.75) is 50.5 Å². The summed E-state index contributed by atoms with van der Waals surface area (Å²) in [5, 5.41) is 11.4. The van der Waals surface area contributed by atoms with Gasteiger partial charge in [0.15, 0.2) is 5.13 Å². The summed E-state index contributed by atoms with van der Waals surface area (Å²) in [5.41, 5.74) is 0.639. The van der Waals surface area contributed by atoms with Gasteiger partial charge >= 0.3 is 0 Å². The van der Waals surface area contributed by atoms with Crippen molar-refractivity contribution in [2.75, 3.05) is 18.4 Å². The van der Waals surface area contributed by atoms with Crippen molar-refractivity contribution in [3.8, 4) is 0 Å². The van der Waals surface area contributed by atoms with E-state index in [-0.39, 0.29) is 5.91 Å². The first kappa shape index (κ1) is 15.8. The van der Waals surface area contributed by atoms with Crippen molar-refractivity contribution in [1.82, 2.24) is 20.1 Å². The number of aromatic nitrogens is 3. The largest absolute Gasteiger partial charge is 0.317 e. The number of carbonyl (C=O) groups is 1. The first-order chi connectivity index (χ1) is 11.8. The van der Waals surface area contributed by atoms with Crippen molar-refractivity contribution in [3.05, 3.63) is 29.0 Å². The minimum Gasteiger partial charge on any atom is -0.317 e. The van der Waals surface area contributed by atoms with Gasteiger partial charge in [-0.25, -0.2) is 4.98 Å². The molecule has 2 fully saturated rings. The van der Waals surface area contributed by atoms with Gasteiger partial charge in [0, 0.05) is 17.3 Å². The Hall–Kier alpha value is -1.73. The standard InChI is InChI=1S/C17H23N5OS/c23-16(14-7-10-20-22(14)13-3-1-2-4-13)21-17-19-11-15(24-17)12-5-8-18-9-6-12/h7,10-13,18H,1-6,8-9H2,(H,19,21,23). The Kier molecular flexibility index (Phi) is 4.62. The van der Waals surface area contributed by atoms with Crippen molar-refractivity contribution in [1.29, 1.82) is 0 Å². The molecular weight excluding hydrogens is 322 g/mol. The predicted molar refractivity (Wildman–Crippen MR) is 94.6 cm³/mol. The number of hydrogen-bond donors (Lipinski definition) is 2. The van der Waals surface area contributed by atoms with Gasteiger partial charge in [0.25, 0.3) is 5.91 Å². The third-order valence-corrected chi connectivity index (χ3v) is 6.13. The van der Waals surface area contributed by atoms with E-state index in [9.17, 15) is 4.79 Å². The highest BCUT2D eigenvalue weighted by Gasteiger charge is 2.23. The van der Waals surface area contributed by atoms with Crippen LogP contribution in [-0.4, -0.2) is 33.8 Å². The van der Waals surface area contributed by atoms with Crippen LogP contribution >= 0.6 is 11.3 Å². The first-order valence-corrected chi connectivity index (χ1v) is 9.64. The number of piperidine rings is 1. The normalized spacial score (nSPS) is 19.7. The second-order valence-electron chi connectivity index (χ2n) is 6.65. The van der Waals surface area contributed by atoms with Crippen LogP contribution in [0.4, 0.5) is 5.13 Å². The third kappa shape index (κ3) is 3.23. The summed E-state index contributed by atoms with van der Waals surface area (Å²) in [6.45, 7) is 2.12. The minimum atomic E-state index is -0.106. The van der Waals surface area contributed by atoms with Crippen LogP contribution in [-0.2, 0) is 0 Å². The Labute approximate surface area is 145 Å². The molecule has 2 aromatic rings. The summed E-state index contributed by atoms with van der Waals surface area (Å²) in [6.07, 6.45) is 10.6. The number of nitrogens with one attached hydrogen (secondary N) is 2. The molecule has 128 valence electrons. The van der Waals surface area contributed by atoms with Gasteiger partial charge in [-0.15, -0.1) is 11.3 Å². The molecule has 0 aromatic carbocycles. The SMILES string of the molecule is O=C(Nc1ncc(C2CCNCC2)s1)c1ccnn1C1CCCC1. The quantitative estimate of drug-likeness (QED) is 0.893. The molecule has 1 amide bonds. The van der Waals surface area contributed by atoms with Crippen LogP contribution in [0.15, 0.2) is 18.5 Å². The molecule has 4 rings (SSSR count). The molecule has 6 nitrogen and oxygen atoms in total. The lowest BCUT2D eigenvalue weighted by Gasteiger charge is -2.20. The lowest BCUT2D eigenvalue weighted by molar-refractivity contribution is 0.101. The maximum Gasteiger partial charge on any atom is 0.275 e. The van der Waals surface area contributed by atoms with Crippen molar-refractivity contribution < 1.29 is 4.79 Å². The summed E-state index contributed by atoms with van der Waals surface area (Å²) < 4.78 is 1.89. The predicted octanol–water partition coefficient (Wildman–Crippen LogP) is 3.17. The lowest BCUT2D eigenvalue weighted by atomic mass is 9.97. The van der Waals surface area contributed by atoms with Crippen molar-refractivity contribution >= 4 is 22.4 Å². The van der Waals surface area contributed by atoms with E-state index in [0.717, 1.165) is 38.8 Å². The average Bonchev–Trinajstić information content (AvgIpc) is 3.36. The van der Waals surface area contributed by atoms with Crippen LogP contribution in [0, 0.1) is 0 Å². The van der Waals surface area contributed by atoms with Crippen molar-refractivity contribution in [2.24, 2.45) is 0 Å². The number of rotatable bonds is 4. The topological polar surface area (TPSA) is 71.8 Å². The first-order valence-electron chi connectivity index (χ1n) is 8.82. The molecule has 3 heterocycles. The van der Waals surface area contributed by atoms with E-state index in [1.165, 1.54) is 17.7 Å². The molecule has 1 aliphatic heterocycles. The van der Waals surface area contributed by atoms with E-state index in [0.29, 0.717) is 22.8 Å². The molecule has 24 heavy (non-hydrogen) atoms. The zero-order chi connectivity index (χ0) is 16.4. The Balaban J connectivity index is 1.45. The smallest absolute Gasteiger partial charge is 0.275 e. The number of carbonyl (C=O) groups excluding carboxylic acids is 1. The van der Waals surface area contributed by atoms with Gasteiger partial charge in [0.1, 0.15) is 5.69 Å². The maximum atomic E-state index is 12.6. The van der Waals surface area contributed by atoms with Crippen LogP contribution in [0.1, 0.15) is 65.9 Å². The maximum absolute atomic E-state index is 12.6. The second kappa shape index (κ2) is 7.03. The van der Waals surface area contributed by atoms with Gasteiger partial charge < -0.3 is 5.32 Å². The van der Waals surface area contributed by atoms with Crippen LogP contribution in [0.3, 0.4) is 0 Å². The van der Waals surface area contributed by atoms with E-state index in [4.69, 9.17) is 0 Å². The Morgan fingerprint density at radius 2 is 2.04 bits per heavy atom. The molecule has 2 aliphatic rings. The second-order valence-corrected chi connectivity index (χ2v) is 7.71. The Bertz CT molecular complexity index is 697. The summed E-state index contributed by atoms with van der Waals surface area (Å²) >= 11 is 1.60. The third-order valence-electron chi connectivity index (χ3n) is 5.06. The Morgan fingerprint density at radius 3 is 2.83 bits per heavy atom. The van der Waals surface area contributed by atoms with Crippen LogP contribution in [0.5, 0.6) is 0 Å². The Morgan fingerprint density at radius 1 is 1.25 bits per heavy atom. The van der Waals surface area contributed by atoms with Gasteiger partial charge in [-0.1, -0.05) is 12.8 Å². The number of anilines is 1. The van der Waals surface area contributed by atoms with Gasteiger partial charge in [-0.05, 0) is 50.8 Å². The molecule has 0 spiro atoms. The highest BCUT2D eigenvalue weighted by molar-refractivity contribution is 7.15. The lowest BCUT2D eigenvalue weighted by Crippen LogP contribution is -2.26. The molecule has 0 radical (unpaired) electrons. The van der Waals surface area contributed by atoms with E-state index >= 15 is 0 Å². The molecule has 1 aliphatic carbocycles. The van der Waals surface area contributed by atoms with Gasteiger partial charge in [-0.2, -0.15) is 5.10 Å². The van der Waals surface area contributed by atoms with Gasteiger partial charge in [0.05, 0.1) is 6.04 Å². The fourth-order valence-electron chi connectivity index (χ4n) is 3.73. The van der Waals surface area contributed by atoms with Crippen LogP contribution in [0.2, 0.25) is 0 Å². The van der Waals surface area contributed by atoms with Crippen molar-refractivity contribution in [3.63, 3.8) is 0 Å². The summed E-state index contributed by atoms with van der Waals surface area (Å²) in [5.74, 6) is 0.462. The van der Waals surface area contributed by atoms with E-state index in [1.54, 1.807) is 23.6 Å². The molecule has 0 bridgehead atoms.